The Labute approximate surface area is 82.9 Å². The van der Waals surface area contributed by atoms with Crippen molar-refractivity contribution in [1.82, 2.24) is 0 Å². The highest BCUT2D eigenvalue weighted by molar-refractivity contribution is 4.77. The maximum absolute atomic E-state index is 5.64. The summed E-state index contributed by atoms with van der Waals surface area (Å²) in [6.45, 7) is 4.59. The molecule has 0 N–H and O–H groups in total. The molecule has 1 aliphatic carbocycles. The fraction of sp³-hybridized carbons (Fsp3) is 1.00. The van der Waals surface area contributed by atoms with Crippen molar-refractivity contribution >= 4 is 0 Å². The van der Waals surface area contributed by atoms with Crippen molar-refractivity contribution in [2.24, 2.45) is 11.8 Å². The SMILES string of the molecule is CCC(C)C(OC)C1CCCCC1. The zero-order valence-corrected chi connectivity index (χ0v) is 9.38. The monoisotopic (exact) mass is 184 g/mol. The van der Waals surface area contributed by atoms with Gasteiger partial charge in [0.05, 0.1) is 6.10 Å². The van der Waals surface area contributed by atoms with E-state index in [-0.39, 0.29) is 0 Å². The zero-order chi connectivity index (χ0) is 9.68. The molecule has 1 aliphatic rings. The number of ether oxygens (including phenoxy) is 1. The maximum Gasteiger partial charge on any atom is 0.0624 e. The van der Waals surface area contributed by atoms with Gasteiger partial charge in [0.2, 0.25) is 0 Å². The molecule has 0 bridgehead atoms. The Morgan fingerprint density at radius 2 is 1.85 bits per heavy atom. The molecule has 78 valence electrons. The summed E-state index contributed by atoms with van der Waals surface area (Å²) in [7, 11) is 1.88. The molecule has 0 heterocycles. The van der Waals surface area contributed by atoms with Gasteiger partial charge < -0.3 is 4.74 Å². The summed E-state index contributed by atoms with van der Waals surface area (Å²) in [5.74, 6) is 1.57. The quantitative estimate of drug-likeness (QED) is 0.648. The number of hydrogen-bond acceptors (Lipinski definition) is 1. The fourth-order valence-corrected chi connectivity index (χ4v) is 2.58. The van der Waals surface area contributed by atoms with E-state index in [4.69, 9.17) is 4.74 Å². The molecule has 0 aliphatic heterocycles. The lowest BCUT2D eigenvalue weighted by Gasteiger charge is -2.32. The van der Waals surface area contributed by atoms with Crippen LogP contribution in [0.1, 0.15) is 52.4 Å². The van der Waals surface area contributed by atoms with E-state index in [1.807, 2.05) is 7.11 Å². The highest BCUT2D eigenvalue weighted by Crippen LogP contribution is 2.31. The largest absolute Gasteiger partial charge is 0.381 e. The van der Waals surface area contributed by atoms with Crippen LogP contribution in [0.5, 0.6) is 0 Å². The van der Waals surface area contributed by atoms with Gasteiger partial charge in [0, 0.05) is 7.11 Å². The van der Waals surface area contributed by atoms with Gasteiger partial charge in [0.15, 0.2) is 0 Å². The van der Waals surface area contributed by atoms with Crippen molar-refractivity contribution in [3.05, 3.63) is 0 Å². The highest BCUT2D eigenvalue weighted by atomic mass is 16.5. The van der Waals surface area contributed by atoms with Gasteiger partial charge in [-0.1, -0.05) is 39.5 Å². The Bertz CT molecular complexity index is 127. The third kappa shape index (κ3) is 2.98. The van der Waals surface area contributed by atoms with E-state index in [2.05, 4.69) is 13.8 Å². The summed E-state index contributed by atoms with van der Waals surface area (Å²) in [6, 6.07) is 0. The third-order valence-corrected chi connectivity index (χ3v) is 3.59. The van der Waals surface area contributed by atoms with Gasteiger partial charge in [-0.25, -0.2) is 0 Å². The highest BCUT2D eigenvalue weighted by Gasteiger charge is 2.26. The molecular formula is C12H24O. The van der Waals surface area contributed by atoms with Crippen LogP contribution in [0.2, 0.25) is 0 Å². The predicted molar refractivity (Wildman–Crippen MR) is 56.8 cm³/mol. The first kappa shape index (κ1) is 11.0. The number of rotatable bonds is 4. The normalized spacial score (nSPS) is 24.2. The Hall–Kier alpha value is -0.0400. The fourth-order valence-electron chi connectivity index (χ4n) is 2.58. The van der Waals surface area contributed by atoms with Crippen molar-refractivity contribution in [3.8, 4) is 0 Å². The zero-order valence-electron chi connectivity index (χ0n) is 9.38. The summed E-state index contributed by atoms with van der Waals surface area (Å²) >= 11 is 0. The van der Waals surface area contributed by atoms with Crippen LogP contribution < -0.4 is 0 Å². The minimum atomic E-state index is 0.519. The van der Waals surface area contributed by atoms with Crippen LogP contribution in [0, 0.1) is 11.8 Å². The molecule has 1 rings (SSSR count). The maximum atomic E-state index is 5.64. The van der Waals surface area contributed by atoms with Gasteiger partial charge in [0.25, 0.3) is 0 Å². The summed E-state index contributed by atoms with van der Waals surface area (Å²) in [5, 5.41) is 0. The molecule has 2 unspecified atom stereocenters. The topological polar surface area (TPSA) is 9.23 Å². The Kier molecular flexibility index (Phi) is 4.79. The van der Waals surface area contributed by atoms with Crippen molar-refractivity contribution in [3.63, 3.8) is 0 Å². The Morgan fingerprint density at radius 3 is 2.31 bits per heavy atom. The van der Waals surface area contributed by atoms with Crippen LogP contribution in [0.15, 0.2) is 0 Å². The molecule has 13 heavy (non-hydrogen) atoms. The first-order valence-electron chi connectivity index (χ1n) is 5.82. The molecule has 0 aromatic heterocycles. The minimum absolute atomic E-state index is 0.519. The molecule has 0 aromatic rings. The van der Waals surface area contributed by atoms with E-state index in [1.54, 1.807) is 0 Å². The van der Waals surface area contributed by atoms with Crippen LogP contribution in [-0.2, 0) is 4.74 Å². The average Bonchev–Trinajstić information content (AvgIpc) is 2.20. The van der Waals surface area contributed by atoms with E-state index >= 15 is 0 Å². The first-order chi connectivity index (χ1) is 6.29. The molecule has 0 spiro atoms. The van der Waals surface area contributed by atoms with Gasteiger partial charge in [-0.2, -0.15) is 0 Å². The Morgan fingerprint density at radius 1 is 1.23 bits per heavy atom. The van der Waals surface area contributed by atoms with E-state index in [9.17, 15) is 0 Å². The first-order valence-corrected chi connectivity index (χ1v) is 5.82. The Balaban J connectivity index is 2.43. The number of methoxy groups -OCH3 is 1. The predicted octanol–water partition coefficient (Wildman–Crippen LogP) is 3.63. The summed E-state index contributed by atoms with van der Waals surface area (Å²) < 4.78 is 5.64. The molecule has 0 radical (unpaired) electrons. The second-order valence-electron chi connectivity index (χ2n) is 4.48. The molecule has 1 fully saturated rings. The molecule has 0 aromatic carbocycles. The van der Waals surface area contributed by atoms with Gasteiger partial charge >= 0.3 is 0 Å². The summed E-state index contributed by atoms with van der Waals surface area (Å²) in [5.41, 5.74) is 0. The smallest absolute Gasteiger partial charge is 0.0624 e. The molecule has 1 nitrogen and oxygen atoms in total. The molecule has 2 atom stereocenters. The van der Waals surface area contributed by atoms with Crippen molar-refractivity contribution in [2.45, 2.75) is 58.5 Å². The van der Waals surface area contributed by atoms with Gasteiger partial charge in [-0.05, 0) is 24.7 Å². The second kappa shape index (κ2) is 5.64. The van der Waals surface area contributed by atoms with Crippen LogP contribution in [0.4, 0.5) is 0 Å². The van der Waals surface area contributed by atoms with E-state index in [0.29, 0.717) is 6.10 Å². The summed E-state index contributed by atoms with van der Waals surface area (Å²) in [6.07, 6.45) is 8.82. The van der Waals surface area contributed by atoms with Gasteiger partial charge in [0.1, 0.15) is 0 Å². The molecule has 1 heteroatoms. The van der Waals surface area contributed by atoms with Crippen LogP contribution in [0.3, 0.4) is 0 Å². The van der Waals surface area contributed by atoms with E-state index in [1.165, 1.54) is 38.5 Å². The van der Waals surface area contributed by atoms with E-state index < -0.39 is 0 Å². The molecular weight excluding hydrogens is 160 g/mol. The van der Waals surface area contributed by atoms with E-state index in [0.717, 1.165) is 11.8 Å². The second-order valence-corrected chi connectivity index (χ2v) is 4.48. The van der Waals surface area contributed by atoms with Gasteiger partial charge in [-0.3, -0.25) is 0 Å². The van der Waals surface area contributed by atoms with Crippen LogP contribution >= 0.6 is 0 Å². The van der Waals surface area contributed by atoms with Crippen molar-refractivity contribution in [1.29, 1.82) is 0 Å². The summed E-state index contributed by atoms with van der Waals surface area (Å²) in [4.78, 5) is 0. The van der Waals surface area contributed by atoms with Crippen molar-refractivity contribution < 1.29 is 4.74 Å². The molecule has 0 saturated heterocycles. The van der Waals surface area contributed by atoms with Crippen molar-refractivity contribution in [2.75, 3.05) is 7.11 Å². The lowest BCUT2D eigenvalue weighted by molar-refractivity contribution is -0.00246. The minimum Gasteiger partial charge on any atom is -0.381 e. The van der Waals surface area contributed by atoms with Gasteiger partial charge in [-0.15, -0.1) is 0 Å². The third-order valence-electron chi connectivity index (χ3n) is 3.59. The number of hydrogen-bond donors (Lipinski definition) is 0. The average molecular weight is 184 g/mol. The lowest BCUT2D eigenvalue weighted by Crippen LogP contribution is -2.30. The lowest BCUT2D eigenvalue weighted by atomic mass is 9.80. The van der Waals surface area contributed by atoms with Crippen LogP contribution in [-0.4, -0.2) is 13.2 Å². The molecule has 1 saturated carbocycles. The molecule has 0 amide bonds. The standard InChI is InChI=1S/C12H24O/c1-4-10(2)12(13-3)11-8-6-5-7-9-11/h10-12H,4-9H2,1-3H3. The van der Waals surface area contributed by atoms with Crippen LogP contribution in [0.25, 0.3) is 0 Å².